The number of rotatable bonds is 5. The van der Waals surface area contributed by atoms with Crippen molar-refractivity contribution in [3.05, 3.63) is 42.0 Å². The Morgan fingerprint density at radius 2 is 2.17 bits per heavy atom. The maximum atomic E-state index is 4.39. The normalized spacial score (nSPS) is 12.6. The van der Waals surface area contributed by atoms with Crippen LogP contribution >= 0.6 is 11.8 Å². The molecule has 0 saturated heterocycles. The number of aromatic nitrogens is 3. The van der Waals surface area contributed by atoms with Crippen molar-refractivity contribution in [2.24, 2.45) is 0 Å². The molecule has 1 heterocycles. The van der Waals surface area contributed by atoms with Crippen molar-refractivity contribution in [1.82, 2.24) is 20.1 Å². The Hall–Kier alpha value is -1.33. The third-order valence-corrected chi connectivity index (χ3v) is 3.75. The fourth-order valence-corrected chi connectivity index (χ4v) is 2.71. The van der Waals surface area contributed by atoms with Crippen molar-refractivity contribution < 1.29 is 0 Å². The minimum Gasteiger partial charge on any atom is -0.307 e. The highest BCUT2D eigenvalue weighted by Gasteiger charge is 2.20. The van der Waals surface area contributed by atoms with Crippen molar-refractivity contribution in [2.75, 3.05) is 13.3 Å². The summed E-state index contributed by atoms with van der Waals surface area (Å²) in [5.74, 6) is 0.960. The quantitative estimate of drug-likeness (QED) is 0.840. The molecule has 1 aromatic heterocycles. The van der Waals surface area contributed by atoms with Crippen molar-refractivity contribution in [2.45, 2.75) is 24.4 Å². The molecule has 0 amide bonds. The van der Waals surface area contributed by atoms with Gasteiger partial charge in [0, 0.05) is 11.4 Å². The molecule has 1 unspecified atom stereocenters. The van der Waals surface area contributed by atoms with Crippen molar-refractivity contribution >= 4 is 11.8 Å². The summed E-state index contributed by atoms with van der Waals surface area (Å²) in [5.41, 5.74) is 1.25. The second-order valence-corrected chi connectivity index (χ2v) is 4.75. The Morgan fingerprint density at radius 3 is 2.83 bits per heavy atom. The van der Waals surface area contributed by atoms with E-state index in [2.05, 4.69) is 52.8 Å². The van der Waals surface area contributed by atoms with Gasteiger partial charge in [0.25, 0.3) is 0 Å². The molecular formula is C13H18N4S. The third kappa shape index (κ3) is 2.42. The fourth-order valence-electron chi connectivity index (χ4n) is 2.07. The molecule has 2 rings (SSSR count). The fraction of sp³-hybridized carbons (Fsp3) is 0.385. The molecule has 0 bridgehead atoms. The van der Waals surface area contributed by atoms with E-state index in [1.807, 2.05) is 11.7 Å². The molecule has 4 nitrogen and oxygen atoms in total. The standard InChI is InChI=1S/C13H18N4S/c1-4-17-13(15-9-16-17)12(14-2)10-7-5-6-8-11(10)18-3/h5-9,12,14H,4H2,1-3H3. The summed E-state index contributed by atoms with van der Waals surface area (Å²) < 4.78 is 1.93. The largest absolute Gasteiger partial charge is 0.307 e. The molecule has 0 aliphatic heterocycles. The highest BCUT2D eigenvalue weighted by Crippen LogP contribution is 2.28. The smallest absolute Gasteiger partial charge is 0.148 e. The van der Waals surface area contributed by atoms with Gasteiger partial charge in [-0.25, -0.2) is 9.67 Å². The highest BCUT2D eigenvalue weighted by molar-refractivity contribution is 7.98. The van der Waals surface area contributed by atoms with E-state index in [9.17, 15) is 0 Å². The van der Waals surface area contributed by atoms with Gasteiger partial charge in [-0.3, -0.25) is 0 Å². The Morgan fingerprint density at radius 1 is 1.39 bits per heavy atom. The number of aryl methyl sites for hydroxylation is 1. The van der Waals surface area contributed by atoms with Crippen LogP contribution in [0.3, 0.4) is 0 Å². The molecule has 1 atom stereocenters. The van der Waals surface area contributed by atoms with Crippen LogP contribution in [0.25, 0.3) is 0 Å². The van der Waals surface area contributed by atoms with Gasteiger partial charge in [-0.1, -0.05) is 18.2 Å². The second-order valence-electron chi connectivity index (χ2n) is 3.90. The van der Waals surface area contributed by atoms with E-state index in [-0.39, 0.29) is 6.04 Å². The van der Waals surface area contributed by atoms with E-state index >= 15 is 0 Å². The third-order valence-electron chi connectivity index (χ3n) is 2.94. The summed E-state index contributed by atoms with van der Waals surface area (Å²) >= 11 is 1.75. The van der Waals surface area contributed by atoms with E-state index < -0.39 is 0 Å². The molecule has 18 heavy (non-hydrogen) atoms. The van der Waals surface area contributed by atoms with Crippen LogP contribution in [-0.2, 0) is 6.54 Å². The van der Waals surface area contributed by atoms with Gasteiger partial charge in [0.15, 0.2) is 0 Å². The number of benzene rings is 1. The maximum absolute atomic E-state index is 4.39. The van der Waals surface area contributed by atoms with Crippen LogP contribution in [0, 0.1) is 0 Å². The average molecular weight is 262 g/mol. The van der Waals surface area contributed by atoms with Crippen LogP contribution in [0.15, 0.2) is 35.5 Å². The lowest BCUT2D eigenvalue weighted by atomic mass is 10.1. The number of thioether (sulfide) groups is 1. The Kier molecular flexibility index (Phi) is 4.38. The number of nitrogens with one attached hydrogen (secondary N) is 1. The lowest BCUT2D eigenvalue weighted by molar-refractivity contribution is 0.548. The monoisotopic (exact) mass is 262 g/mol. The summed E-state index contributed by atoms with van der Waals surface area (Å²) in [6.45, 7) is 2.90. The van der Waals surface area contributed by atoms with E-state index in [1.54, 1.807) is 18.1 Å². The molecule has 0 radical (unpaired) electrons. The van der Waals surface area contributed by atoms with Crippen LogP contribution in [0.1, 0.15) is 24.4 Å². The zero-order valence-corrected chi connectivity index (χ0v) is 11.7. The van der Waals surface area contributed by atoms with Crippen molar-refractivity contribution in [3.8, 4) is 0 Å². The molecule has 1 aromatic carbocycles. The summed E-state index contributed by atoms with van der Waals surface area (Å²) in [4.78, 5) is 5.66. The van der Waals surface area contributed by atoms with Gasteiger partial charge < -0.3 is 5.32 Å². The maximum Gasteiger partial charge on any atom is 0.148 e. The molecule has 1 N–H and O–H groups in total. The predicted octanol–water partition coefficient (Wildman–Crippen LogP) is 2.33. The predicted molar refractivity (Wildman–Crippen MR) is 74.8 cm³/mol. The Labute approximate surface area is 112 Å². The van der Waals surface area contributed by atoms with Crippen molar-refractivity contribution in [1.29, 1.82) is 0 Å². The number of hydrogen-bond acceptors (Lipinski definition) is 4. The van der Waals surface area contributed by atoms with Crippen LogP contribution in [0.4, 0.5) is 0 Å². The van der Waals surface area contributed by atoms with Gasteiger partial charge in [0.1, 0.15) is 12.2 Å². The zero-order valence-electron chi connectivity index (χ0n) is 10.9. The van der Waals surface area contributed by atoms with Crippen LogP contribution < -0.4 is 5.32 Å². The van der Waals surface area contributed by atoms with Crippen LogP contribution in [0.2, 0.25) is 0 Å². The number of nitrogens with zero attached hydrogens (tertiary/aromatic N) is 3. The highest BCUT2D eigenvalue weighted by atomic mass is 32.2. The Bertz CT molecular complexity index is 509. The number of hydrogen-bond donors (Lipinski definition) is 1. The van der Waals surface area contributed by atoms with Gasteiger partial charge >= 0.3 is 0 Å². The summed E-state index contributed by atoms with van der Waals surface area (Å²) in [6, 6.07) is 8.48. The molecule has 96 valence electrons. The van der Waals surface area contributed by atoms with Crippen molar-refractivity contribution in [3.63, 3.8) is 0 Å². The van der Waals surface area contributed by atoms with Crippen LogP contribution in [0.5, 0.6) is 0 Å². The first-order valence-electron chi connectivity index (χ1n) is 5.99. The van der Waals surface area contributed by atoms with Gasteiger partial charge in [-0.2, -0.15) is 5.10 Å². The second kappa shape index (κ2) is 6.02. The minimum absolute atomic E-state index is 0.0797. The first-order valence-corrected chi connectivity index (χ1v) is 7.22. The van der Waals surface area contributed by atoms with E-state index in [0.29, 0.717) is 0 Å². The summed E-state index contributed by atoms with van der Waals surface area (Å²) in [6.07, 6.45) is 3.71. The first kappa shape index (κ1) is 13.1. The molecule has 0 saturated carbocycles. The molecule has 0 fully saturated rings. The first-order chi connectivity index (χ1) is 8.81. The molecular weight excluding hydrogens is 244 g/mol. The van der Waals surface area contributed by atoms with E-state index in [0.717, 1.165) is 12.4 Å². The molecule has 0 spiro atoms. The Balaban J connectivity index is 2.45. The van der Waals surface area contributed by atoms with E-state index in [1.165, 1.54) is 10.5 Å². The van der Waals surface area contributed by atoms with Gasteiger partial charge in [0.05, 0.1) is 6.04 Å². The van der Waals surface area contributed by atoms with E-state index in [4.69, 9.17) is 0 Å². The zero-order chi connectivity index (χ0) is 13.0. The SMILES string of the molecule is CCn1ncnc1C(NC)c1ccccc1SC. The molecule has 0 aliphatic rings. The summed E-state index contributed by atoms with van der Waals surface area (Å²) in [7, 11) is 1.95. The average Bonchev–Trinajstić information content (AvgIpc) is 2.88. The van der Waals surface area contributed by atoms with Crippen LogP contribution in [-0.4, -0.2) is 28.1 Å². The summed E-state index contributed by atoms with van der Waals surface area (Å²) in [5, 5.41) is 7.58. The van der Waals surface area contributed by atoms with Gasteiger partial charge in [-0.05, 0) is 31.9 Å². The lowest BCUT2D eigenvalue weighted by Gasteiger charge is -2.19. The lowest BCUT2D eigenvalue weighted by Crippen LogP contribution is -2.23. The molecule has 5 heteroatoms. The molecule has 0 aliphatic carbocycles. The van der Waals surface area contributed by atoms with Gasteiger partial charge in [-0.15, -0.1) is 11.8 Å². The minimum atomic E-state index is 0.0797. The van der Waals surface area contributed by atoms with Gasteiger partial charge in [0.2, 0.25) is 0 Å². The topological polar surface area (TPSA) is 42.7 Å². The molecule has 2 aromatic rings.